The molecule has 0 bridgehead atoms. The van der Waals surface area contributed by atoms with Crippen molar-refractivity contribution in [2.24, 2.45) is 5.92 Å². The maximum absolute atomic E-state index is 12.2. The summed E-state index contributed by atoms with van der Waals surface area (Å²) < 4.78 is 5.53. The zero-order chi connectivity index (χ0) is 24.7. The standard InChI is InChI=1S/C25H29N7O3S/c33-22(14-18-4-1-2-10-26-18)27-21-9-8-19(29-30-21)13-16-6-7-17(12-16)24-31-32-25(36-24)28-23(34)15-20-5-3-11-35-20/h1-2,4,8-10,16-17,20H,3,5-7,11-15H2,(H,27,30,33)(H,28,32,34). The lowest BCUT2D eigenvalue weighted by molar-refractivity contribution is -0.118. The Morgan fingerprint density at radius 3 is 2.69 bits per heavy atom. The van der Waals surface area contributed by atoms with E-state index < -0.39 is 0 Å². The highest BCUT2D eigenvalue weighted by atomic mass is 32.1. The maximum atomic E-state index is 12.2. The molecule has 2 aliphatic rings. The van der Waals surface area contributed by atoms with Crippen LogP contribution < -0.4 is 10.6 Å². The van der Waals surface area contributed by atoms with Crippen molar-refractivity contribution in [3.8, 4) is 0 Å². The van der Waals surface area contributed by atoms with Gasteiger partial charge < -0.3 is 15.4 Å². The van der Waals surface area contributed by atoms with Crippen molar-refractivity contribution in [3.63, 3.8) is 0 Å². The first-order valence-corrected chi connectivity index (χ1v) is 13.2. The second kappa shape index (κ2) is 11.6. The summed E-state index contributed by atoms with van der Waals surface area (Å²) in [5.41, 5.74) is 1.61. The van der Waals surface area contributed by atoms with Crippen molar-refractivity contribution < 1.29 is 14.3 Å². The lowest BCUT2D eigenvalue weighted by atomic mass is 10.00. The van der Waals surface area contributed by atoms with E-state index in [2.05, 4.69) is 36.0 Å². The van der Waals surface area contributed by atoms with Crippen LogP contribution in [0.15, 0.2) is 36.5 Å². The fourth-order valence-electron chi connectivity index (χ4n) is 4.80. The second-order valence-electron chi connectivity index (χ2n) is 9.37. The molecule has 1 aliphatic carbocycles. The smallest absolute Gasteiger partial charge is 0.231 e. The van der Waals surface area contributed by atoms with Crippen LogP contribution in [0.3, 0.4) is 0 Å². The number of carbonyl (C=O) groups excluding carboxylic acids is 2. The quantitative estimate of drug-likeness (QED) is 0.450. The van der Waals surface area contributed by atoms with Gasteiger partial charge in [-0.05, 0) is 68.7 Å². The third kappa shape index (κ3) is 6.67. The molecular formula is C25H29N7O3S. The van der Waals surface area contributed by atoms with Crippen LogP contribution in [0, 0.1) is 5.92 Å². The molecule has 2 fully saturated rings. The van der Waals surface area contributed by atoms with E-state index in [1.54, 1.807) is 12.3 Å². The minimum absolute atomic E-state index is 0.0213. The van der Waals surface area contributed by atoms with E-state index in [1.807, 2.05) is 24.3 Å². The first-order chi connectivity index (χ1) is 17.6. The third-order valence-corrected chi connectivity index (χ3v) is 7.57. The van der Waals surface area contributed by atoms with Crippen LogP contribution >= 0.6 is 11.3 Å². The highest BCUT2D eigenvalue weighted by molar-refractivity contribution is 7.15. The van der Waals surface area contributed by atoms with Gasteiger partial charge in [0.05, 0.1) is 24.6 Å². The fraction of sp³-hybridized carbons (Fsp3) is 0.480. The van der Waals surface area contributed by atoms with E-state index >= 15 is 0 Å². The largest absolute Gasteiger partial charge is 0.378 e. The monoisotopic (exact) mass is 507 g/mol. The van der Waals surface area contributed by atoms with Gasteiger partial charge in [-0.3, -0.25) is 14.6 Å². The molecule has 3 aromatic heterocycles. The molecule has 1 saturated carbocycles. The number of hydrogen-bond donors (Lipinski definition) is 2. The summed E-state index contributed by atoms with van der Waals surface area (Å²) in [6.07, 6.45) is 8.15. The molecule has 3 aromatic rings. The molecule has 10 nitrogen and oxygen atoms in total. The fourth-order valence-corrected chi connectivity index (χ4v) is 5.71. The number of amides is 2. The van der Waals surface area contributed by atoms with Gasteiger partial charge in [0.1, 0.15) is 5.01 Å². The normalized spacial score (nSPS) is 21.4. The summed E-state index contributed by atoms with van der Waals surface area (Å²) in [5, 5.41) is 24.2. The van der Waals surface area contributed by atoms with Crippen LogP contribution in [0.2, 0.25) is 0 Å². The van der Waals surface area contributed by atoms with Gasteiger partial charge >= 0.3 is 0 Å². The van der Waals surface area contributed by atoms with Crippen molar-refractivity contribution in [1.29, 1.82) is 0 Å². The summed E-state index contributed by atoms with van der Waals surface area (Å²) >= 11 is 1.47. The molecule has 0 aromatic carbocycles. The highest BCUT2D eigenvalue weighted by Crippen LogP contribution is 2.41. The van der Waals surface area contributed by atoms with Gasteiger partial charge in [0.15, 0.2) is 5.82 Å². The van der Waals surface area contributed by atoms with Crippen LogP contribution in [-0.4, -0.2) is 49.9 Å². The third-order valence-electron chi connectivity index (χ3n) is 6.57. The van der Waals surface area contributed by atoms with Gasteiger partial charge in [-0.2, -0.15) is 5.10 Å². The number of hydrogen-bond acceptors (Lipinski definition) is 9. The molecule has 5 rings (SSSR count). The summed E-state index contributed by atoms with van der Waals surface area (Å²) in [6, 6.07) is 9.20. The number of nitrogens with zero attached hydrogens (tertiary/aromatic N) is 5. The number of anilines is 2. The van der Waals surface area contributed by atoms with Crippen LogP contribution in [0.1, 0.15) is 60.8 Å². The lowest BCUT2D eigenvalue weighted by Gasteiger charge is -2.09. The van der Waals surface area contributed by atoms with Gasteiger partial charge in [0.25, 0.3) is 0 Å². The molecule has 1 saturated heterocycles. The molecule has 0 spiro atoms. The molecule has 4 heterocycles. The molecule has 11 heteroatoms. The number of ether oxygens (including phenoxy) is 1. The van der Waals surface area contributed by atoms with Gasteiger partial charge in [0.2, 0.25) is 16.9 Å². The molecule has 0 radical (unpaired) electrons. The Labute approximate surface area is 213 Å². The summed E-state index contributed by atoms with van der Waals surface area (Å²) in [6.45, 7) is 0.739. The second-order valence-corrected chi connectivity index (χ2v) is 10.4. The van der Waals surface area contributed by atoms with Crippen LogP contribution in [0.4, 0.5) is 10.9 Å². The minimum atomic E-state index is -0.172. The molecule has 2 N–H and O–H groups in total. The number of aromatic nitrogens is 5. The average Bonchev–Trinajstić information content (AvgIpc) is 3.64. The van der Waals surface area contributed by atoms with Crippen molar-refractivity contribution in [1.82, 2.24) is 25.4 Å². The summed E-state index contributed by atoms with van der Waals surface area (Å²) in [7, 11) is 0. The van der Waals surface area contributed by atoms with E-state index in [0.29, 0.717) is 34.9 Å². The van der Waals surface area contributed by atoms with E-state index in [1.165, 1.54) is 11.3 Å². The number of nitrogens with one attached hydrogen (secondary N) is 2. The average molecular weight is 508 g/mol. The minimum Gasteiger partial charge on any atom is -0.378 e. The Morgan fingerprint density at radius 2 is 1.92 bits per heavy atom. The van der Waals surface area contributed by atoms with Crippen molar-refractivity contribution >= 4 is 34.1 Å². The van der Waals surface area contributed by atoms with Crippen molar-refractivity contribution in [2.45, 2.75) is 63.4 Å². The van der Waals surface area contributed by atoms with Crippen LogP contribution in [-0.2, 0) is 27.2 Å². The Balaban J connectivity index is 1.07. The number of rotatable bonds is 9. The zero-order valence-corrected chi connectivity index (χ0v) is 20.7. The van der Waals surface area contributed by atoms with Crippen molar-refractivity contribution in [3.05, 3.63) is 52.9 Å². The van der Waals surface area contributed by atoms with Gasteiger partial charge in [-0.15, -0.1) is 15.3 Å². The number of pyridine rings is 1. The molecule has 3 atom stereocenters. The van der Waals surface area contributed by atoms with E-state index in [-0.39, 0.29) is 24.3 Å². The highest BCUT2D eigenvalue weighted by Gasteiger charge is 2.29. The Bertz CT molecular complexity index is 1170. The van der Waals surface area contributed by atoms with Gasteiger partial charge in [0, 0.05) is 24.4 Å². The predicted octanol–water partition coefficient (Wildman–Crippen LogP) is 3.54. The topological polar surface area (TPSA) is 132 Å². The van der Waals surface area contributed by atoms with E-state index in [0.717, 1.165) is 55.8 Å². The Morgan fingerprint density at radius 1 is 0.972 bits per heavy atom. The summed E-state index contributed by atoms with van der Waals surface area (Å²) in [4.78, 5) is 28.6. The molecule has 3 unspecified atom stereocenters. The predicted molar refractivity (Wildman–Crippen MR) is 135 cm³/mol. The maximum Gasteiger partial charge on any atom is 0.231 e. The Hall–Kier alpha value is -3.31. The SMILES string of the molecule is O=C(Cc1ccccn1)Nc1ccc(CC2CCC(c3nnc(NC(=O)CC4CCCO4)s3)C2)nn1. The molecule has 2 amide bonds. The van der Waals surface area contributed by atoms with Gasteiger partial charge in [-0.25, -0.2) is 0 Å². The zero-order valence-electron chi connectivity index (χ0n) is 19.9. The van der Waals surface area contributed by atoms with Crippen LogP contribution in [0.25, 0.3) is 0 Å². The molecular weight excluding hydrogens is 478 g/mol. The first-order valence-electron chi connectivity index (χ1n) is 12.4. The van der Waals surface area contributed by atoms with E-state index in [9.17, 15) is 9.59 Å². The number of carbonyl (C=O) groups is 2. The van der Waals surface area contributed by atoms with Crippen molar-refractivity contribution in [2.75, 3.05) is 17.2 Å². The lowest BCUT2D eigenvalue weighted by Crippen LogP contribution is -2.19. The van der Waals surface area contributed by atoms with Gasteiger partial charge in [-0.1, -0.05) is 17.4 Å². The van der Waals surface area contributed by atoms with E-state index in [4.69, 9.17) is 4.74 Å². The first kappa shape index (κ1) is 24.4. The molecule has 36 heavy (non-hydrogen) atoms. The Kier molecular flexibility index (Phi) is 7.87. The van der Waals surface area contributed by atoms with Crippen LogP contribution in [0.5, 0.6) is 0 Å². The molecule has 1 aliphatic heterocycles. The molecule has 188 valence electrons. The summed E-state index contributed by atoms with van der Waals surface area (Å²) in [5.74, 6) is 1.02.